The van der Waals surface area contributed by atoms with Crippen LogP contribution in [0.25, 0.3) is 0 Å². The van der Waals surface area contributed by atoms with Crippen molar-refractivity contribution in [2.24, 2.45) is 5.92 Å². The Bertz CT molecular complexity index is 222. The van der Waals surface area contributed by atoms with Crippen molar-refractivity contribution in [3.05, 3.63) is 0 Å². The van der Waals surface area contributed by atoms with Crippen LogP contribution in [0.2, 0.25) is 0 Å². The van der Waals surface area contributed by atoms with E-state index in [2.05, 4.69) is 10.6 Å². The van der Waals surface area contributed by atoms with E-state index in [9.17, 15) is 9.18 Å². The van der Waals surface area contributed by atoms with Crippen LogP contribution in [-0.2, 0) is 4.79 Å². The summed E-state index contributed by atoms with van der Waals surface area (Å²) in [6, 6.07) is 0. The molecule has 2 aliphatic rings. The molecule has 1 saturated heterocycles. The van der Waals surface area contributed by atoms with E-state index < -0.39 is 5.67 Å². The van der Waals surface area contributed by atoms with Crippen LogP contribution in [0, 0.1) is 5.92 Å². The molecule has 0 aromatic carbocycles. The maximum Gasteiger partial charge on any atom is 0.223 e. The van der Waals surface area contributed by atoms with Gasteiger partial charge in [-0.05, 0) is 38.8 Å². The van der Waals surface area contributed by atoms with Gasteiger partial charge in [0.25, 0.3) is 0 Å². The van der Waals surface area contributed by atoms with Crippen LogP contribution in [0.1, 0.15) is 25.7 Å². The lowest BCUT2D eigenvalue weighted by Crippen LogP contribution is -2.47. The molecule has 1 heterocycles. The summed E-state index contributed by atoms with van der Waals surface area (Å²) >= 11 is 0. The third kappa shape index (κ3) is 2.44. The third-order valence-electron chi connectivity index (χ3n) is 3.03. The summed E-state index contributed by atoms with van der Waals surface area (Å²) in [5.74, 6) is 0.223. The van der Waals surface area contributed by atoms with Gasteiger partial charge in [-0.15, -0.1) is 0 Å². The average Bonchev–Trinajstić information content (AvgIpc) is 2.99. The van der Waals surface area contributed by atoms with Crippen LogP contribution < -0.4 is 10.6 Å². The van der Waals surface area contributed by atoms with Crippen LogP contribution in [-0.4, -0.2) is 31.2 Å². The smallest absolute Gasteiger partial charge is 0.223 e. The molecule has 1 aliphatic heterocycles. The zero-order valence-electron chi connectivity index (χ0n) is 8.31. The van der Waals surface area contributed by atoms with Crippen LogP contribution in [0.5, 0.6) is 0 Å². The van der Waals surface area contributed by atoms with Gasteiger partial charge in [0, 0.05) is 5.92 Å². The number of nitrogens with one attached hydrogen (secondary N) is 2. The van der Waals surface area contributed by atoms with Crippen molar-refractivity contribution in [3.63, 3.8) is 0 Å². The molecule has 1 aliphatic carbocycles. The second-order valence-corrected chi connectivity index (χ2v) is 4.39. The van der Waals surface area contributed by atoms with Gasteiger partial charge in [0.2, 0.25) is 5.91 Å². The number of rotatable bonds is 3. The lowest BCUT2D eigenvalue weighted by molar-refractivity contribution is -0.123. The zero-order chi connectivity index (χ0) is 10.0. The van der Waals surface area contributed by atoms with Gasteiger partial charge in [0.1, 0.15) is 5.67 Å². The van der Waals surface area contributed by atoms with Gasteiger partial charge in [-0.3, -0.25) is 4.79 Å². The normalized spacial score (nSPS) is 25.8. The standard InChI is InChI=1S/C10H17FN2O/c11-10(3-5-12-6-4-10)7-13-9(14)8-1-2-8/h8,12H,1-7H2,(H,13,14). The highest BCUT2D eigenvalue weighted by Gasteiger charge is 2.35. The van der Waals surface area contributed by atoms with Crippen molar-refractivity contribution in [1.82, 2.24) is 10.6 Å². The molecule has 2 fully saturated rings. The van der Waals surface area contributed by atoms with Gasteiger partial charge in [-0.1, -0.05) is 0 Å². The van der Waals surface area contributed by atoms with Gasteiger partial charge < -0.3 is 10.6 Å². The Morgan fingerprint density at radius 3 is 2.64 bits per heavy atom. The first-order valence-corrected chi connectivity index (χ1v) is 5.37. The van der Waals surface area contributed by atoms with E-state index in [-0.39, 0.29) is 18.4 Å². The number of halogens is 1. The SMILES string of the molecule is O=C(NCC1(F)CCNCC1)C1CC1. The fraction of sp³-hybridized carbons (Fsp3) is 0.900. The number of hydrogen-bond donors (Lipinski definition) is 2. The lowest BCUT2D eigenvalue weighted by Gasteiger charge is -2.30. The molecule has 4 heteroatoms. The highest BCUT2D eigenvalue weighted by Crippen LogP contribution is 2.29. The molecule has 0 aromatic heterocycles. The van der Waals surface area contributed by atoms with Crippen molar-refractivity contribution in [2.75, 3.05) is 19.6 Å². The molecule has 1 amide bonds. The van der Waals surface area contributed by atoms with Gasteiger partial charge >= 0.3 is 0 Å². The first kappa shape index (κ1) is 9.90. The lowest BCUT2D eigenvalue weighted by atomic mass is 9.94. The Morgan fingerprint density at radius 1 is 1.43 bits per heavy atom. The second kappa shape index (κ2) is 3.85. The van der Waals surface area contributed by atoms with Crippen molar-refractivity contribution < 1.29 is 9.18 Å². The summed E-state index contributed by atoms with van der Waals surface area (Å²) in [6.45, 7) is 1.63. The Hall–Kier alpha value is -0.640. The number of carbonyl (C=O) groups excluding carboxylic acids is 1. The molecular weight excluding hydrogens is 183 g/mol. The summed E-state index contributed by atoms with van der Waals surface area (Å²) in [6.07, 6.45) is 2.98. The van der Waals surface area contributed by atoms with Gasteiger partial charge in [0.15, 0.2) is 0 Å². The van der Waals surface area contributed by atoms with Gasteiger partial charge in [-0.25, -0.2) is 4.39 Å². The third-order valence-corrected chi connectivity index (χ3v) is 3.03. The first-order valence-electron chi connectivity index (χ1n) is 5.37. The first-order chi connectivity index (χ1) is 6.70. The Labute approximate surface area is 83.4 Å². The maximum absolute atomic E-state index is 14.0. The zero-order valence-corrected chi connectivity index (χ0v) is 8.31. The van der Waals surface area contributed by atoms with Crippen LogP contribution in [0.15, 0.2) is 0 Å². The Balaban J connectivity index is 1.74. The predicted octanol–water partition coefficient (Wildman–Crippen LogP) is 0.604. The van der Waals surface area contributed by atoms with Crippen LogP contribution in [0.4, 0.5) is 4.39 Å². The van der Waals surface area contributed by atoms with Gasteiger partial charge in [-0.2, -0.15) is 0 Å². The summed E-state index contributed by atoms with van der Waals surface area (Å²) in [4.78, 5) is 11.3. The number of amides is 1. The van der Waals surface area contributed by atoms with E-state index in [4.69, 9.17) is 0 Å². The largest absolute Gasteiger partial charge is 0.353 e. The molecule has 0 atom stereocenters. The number of hydrogen-bond acceptors (Lipinski definition) is 2. The molecule has 3 nitrogen and oxygen atoms in total. The molecule has 0 bridgehead atoms. The average molecular weight is 200 g/mol. The predicted molar refractivity (Wildman–Crippen MR) is 51.7 cm³/mol. The Morgan fingerprint density at radius 2 is 2.07 bits per heavy atom. The molecule has 0 radical (unpaired) electrons. The molecule has 0 aromatic rings. The van der Waals surface area contributed by atoms with E-state index in [1.165, 1.54) is 0 Å². The quantitative estimate of drug-likeness (QED) is 0.700. The summed E-state index contributed by atoms with van der Waals surface area (Å²) in [7, 11) is 0. The number of alkyl halides is 1. The van der Waals surface area contributed by atoms with Crippen molar-refractivity contribution in [1.29, 1.82) is 0 Å². The number of carbonyl (C=O) groups is 1. The highest BCUT2D eigenvalue weighted by molar-refractivity contribution is 5.80. The van der Waals surface area contributed by atoms with E-state index in [1.807, 2.05) is 0 Å². The van der Waals surface area contributed by atoms with Crippen molar-refractivity contribution in [2.45, 2.75) is 31.4 Å². The number of piperidine rings is 1. The van der Waals surface area contributed by atoms with E-state index >= 15 is 0 Å². The summed E-state index contributed by atoms with van der Waals surface area (Å²) in [5.41, 5.74) is -1.17. The molecule has 0 spiro atoms. The molecule has 14 heavy (non-hydrogen) atoms. The minimum atomic E-state index is -1.17. The fourth-order valence-electron chi connectivity index (χ4n) is 1.79. The highest BCUT2D eigenvalue weighted by atomic mass is 19.1. The molecule has 2 rings (SSSR count). The monoisotopic (exact) mass is 200 g/mol. The summed E-state index contributed by atoms with van der Waals surface area (Å²) < 4.78 is 14.0. The second-order valence-electron chi connectivity index (χ2n) is 4.39. The molecule has 1 saturated carbocycles. The van der Waals surface area contributed by atoms with E-state index in [0.717, 1.165) is 25.9 Å². The molecule has 2 N–H and O–H groups in total. The topological polar surface area (TPSA) is 41.1 Å². The molecular formula is C10H17FN2O. The molecule has 0 unspecified atom stereocenters. The minimum Gasteiger partial charge on any atom is -0.353 e. The molecule has 80 valence electrons. The Kier molecular flexibility index (Phi) is 2.72. The van der Waals surface area contributed by atoms with Crippen LogP contribution in [0.3, 0.4) is 0 Å². The van der Waals surface area contributed by atoms with Crippen molar-refractivity contribution >= 4 is 5.91 Å². The van der Waals surface area contributed by atoms with Crippen LogP contribution >= 0.6 is 0 Å². The maximum atomic E-state index is 14.0. The fourth-order valence-corrected chi connectivity index (χ4v) is 1.79. The summed E-state index contributed by atoms with van der Waals surface area (Å²) in [5, 5.41) is 5.82. The minimum absolute atomic E-state index is 0.0422. The van der Waals surface area contributed by atoms with Crippen molar-refractivity contribution in [3.8, 4) is 0 Å². The van der Waals surface area contributed by atoms with E-state index in [0.29, 0.717) is 12.8 Å². The van der Waals surface area contributed by atoms with Gasteiger partial charge in [0.05, 0.1) is 6.54 Å². The van der Waals surface area contributed by atoms with E-state index in [1.54, 1.807) is 0 Å².